The third-order valence-electron chi connectivity index (χ3n) is 3.00. The van der Waals surface area contributed by atoms with Gasteiger partial charge >= 0.3 is 0 Å². The van der Waals surface area contributed by atoms with Gasteiger partial charge in [0.05, 0.1) is 0 Å². The number of nitrogens with two attached hydrogens (primary N) is 1. The number of nitrogens with zero attached hydrogens (tertiary/aromatic N) is 2. The fraction of sp³-hybridized carbons (Fsp3) is 0.333. The Morgan fingerprint density at radius 1 is 1.35 bits per heavy atom. The summed E-state index contributed by atoms with van der Waals surface area (Å²) in [6.45, 7) is 3.95. The van der Waals surface area contributed by atoms with Crippen LogP contribution >= 0.6 is 11.8 Å². The average molecular weight is 291 g/mol. The van der Waals surface area contributed by atoms with Crippen LogP contribution in [-0.4, -0.2) is 16.0 Å². The lowest BCUT2D eigenvalue weighted by Crippen LogP contribution is -2.21. The highest BCUT2D eigenvalue weighted by Gasteiger charge is 2.11. The van der Waals surface area contributed by atoms with Crippen molar-refractivity contribution in [3.8, 4) is 0 Å². The van der Waals surface area contributed by atoms with E-state index < -0.39 is 0 Å². The maximum Gasteiger partial charge on any atom is 0.192 e. The molecule has 1 aromatic carbocycles. The number of rotatable bonds is 5. The van der Waals surface area contributed by atoms with Gasteiger partial charge in [0.15, 0.2) is 5.16 Å². The maximum absolute atomic E-state index is 13.4. The summed E-state index contributed by atoms with van der Waals surface area (Å²) in [5, 5.41) is 0.669. The Bertz CT molecular complexity index is 589. The lowest BCUT2D eigenvalue weighted by Gasteiger charge is -2.13. The third kappa shape index (κ3) is 4.02. The molecule has 2 N–H and O–H groups in total. The van der Waals surface area contributed by atoms with E-state index in [0.29, 0.717) is 11.6 Å². The van der Waals surface area contributed by atoms with Crippen LogP contribution in [0.25, 0.3) is 0 Å². The minimum atomic E-state index is -0.238. The second-order valence-electron chi connectivity index (χ2n) is 4.71. The van der Waals surface area contributed by atoms with Gasteiger partial charge in [-0.3, -0.25) is 0 Å². The van der Waals surface area contributed by atoms with Crippen molar-refractivity contribution in [2.24, 2.45) is 5.73 Å². The molecule has 2 aromatic rings. The highest BCUT2D eigenvalue weighted by molar-refractivity contribution is 7.99. The Balaban J connectivity index is 2.26. The van der Waals surface area contributed by atoms with Gasteiger partial charge < -0.3 is 5.73 Å². The number of aromatic nitrogens is 2. The number of hydrogen-bond acceptors (Lipinski definition) is 4. The van der Waals surface area contributed by atoms with E-state index in [1.54, 1.807) is 18.3 Å². The van der Waals surface area contributed by atoms with Crippen LogP contribution in [0.3, 0.4) is 0 Å². The van der Waals surface area contributed by atoms with Gasteiger partial charge in [-0.2, -0.15) is 0 Å². The monoisotopic (exact) mass is 291 g/mol. The summed E-state index contributed by atoms with van der Waals surface area (Å²) in [5.41, 5.74) is 7.80. The summed E-state index contributed by atoms with van der Waals surface area (Å²) in [5.74, 6) is -0.238. The predicted octanol–water partition coefficient (Wildman–Crippen LogP) is 3.36. The molecule has 0 saturated heterocycles. The average Bonchev–Trinajstić information content (AvgIpc) is 2.42. The quantitative estimate of drug-likeness (QED) is 0.858. The Morgan fingerprint density at radius 2 is 2.15 bits per heavy atom. The maximum atomic E-state index is 13.4. The summed E-state index contributed by atoms with van der Waals surface area (Å²) in [6.07, 6.45) is 3.25. The molecule has 0 saturated carbocycles. The van der Waals surface area contributed by atoms with E-state index in [-0.39, 0.29) is 11.9 Å². The molecule has 2 rings (SSSR count). The van der Waals surface area contributed by atoms with Crippen molar-refractivity contribution >= 4 is 11.8 Å². The van der Waals surface area contributed by atoms with E-state index >= 15 is 0 Å². The van der Waals surface area contributed by atoms with E-state index in [9.17, 15) is 4.39 Å². The molecule has 0 amide bonds. The number of benzene rings is 1. The molecule has 3 nitrogen and oxygen atoms in total. The summed E-state index contributed by atoms with van der Waals surface area (Å²) in [7, 11) is 0. The molecule has 0 aliphatic heterocycles. The summed E-state index contributed by atoms with van der Waals surface area (Å²) in [4.78, 5) is 9.54. The predicted molar refractivity (Wildman–Crippen MR) is 79.3 cm³/mol. The summed E-state index contributed by atoms with van der Waals surface area (Å²) in [6, 6.07) is 6.66. The number of hydrogen-bond donors (Lipinski definition) is 1. The smallest absolute Gasteiger partial charge is 0.192 e. The SMILES string of the molecule is CCC(N)Cc1cc(F)ccc1Sc1nccc(C)n1. The number of aryl methyl sites for hydroxylation is 1. The highest BCUT2D eigenvalue weighted by atomic mass is 32.2. The number of halogens is 1. The fourth-order valence-electron chi connectivity index (χ4n) is 1.81. The Kier molecular flexibility index (Phi) is 5.09. The van der Waals surface area contributed by atoms with Crippen molar-refractivity contribution in [3.63, 3.8) is 0 Å². The molecule has 20 heavy (non-hydrogen) atoms. The molecule has 0 fully saturated rings. The molecule has 0 aliphatic carbocycles. The van der Waals surface area contributed by atoms with Crippen LogP contribution in [0.1, 0.15) is 24.6 Å². The minimum absolute atomic E-state index is 0.0366. The lowest BCUT2D eigenvalue weighted by molar-refractivity contribution is 0.609. The van der Waals surface area contributed by atoms with Crippen LogP contribution in [0.4, 0.5) is 4.39 Å². The standard InChI is InChI=1S/C15H18FN3S/c1-3-13(17)9-11-8-12(16)4-5-14(11)20-15-18-7-6-10(2)19-15/h4-8,13H,3,9,17H2,1-2H3. The van der Waals surface area contributed by atoms with Gasteiger partial charge in [0, 0.05) is 22.8 Å². The fourth-order valence-corrected chi connectivity index (χ4v) is 2.72. The summed E-state index contributed by atoms with van der Waals surface area (Å²) >= 11 is 1.45. The van der Waals surface area contributed by atoms with Crippen LogP contribution in [-0.2, 0) is 6.42 Å². The Labute approximate surface area is 122 Å². The first-order valence-corrected chi connectivity index (χ1v) is 7.41. The minimum Gasteiger partial charge on any atom is -0.327 e. The van der Waals surface area contributed by atoms with Gasteiger partial charge in [-0.15, -0.1) is 0 Å². The van der Waals surface area contributed by atoms with Crippen molar-refractivity contribution in [2.75, 3.05) is 0 Å². The molecule has 1 heterocycles. The first kappa shape index (κ1) is 14.9. The second-order valence-corrected chi connectivity index (χ2v) is 5.72. The molecule has 0 radical (unpaired) electrons. The first-order chi connectivity index (χ1) is 9.58. The van der Waals surface area contributed by atoms with E-state index in [0.717, 1.165) is 22.6 Å². The normalized spacial score (nSPS) is 12.4. The first-order valence-electron chi connectivity index (χ1n) is 6.60. The molecule has 1 atom stereocenters. The molecule has 5 heteroatoms. The lowest BCUT2D eigenvalue weighted by atomic mass is 10.0. The molecule has 0 bridgehead atoms. The van der Waals surface area contributed by atoms with Gasteiger partial charge in [0.1, 0.15) is 5.82 Å². The molecular formula is C15H18FN3S. The van der Waals surface area contributed by atoms with Crippen LogP contribution < -0.4 is 5.73 Å². The summed E-state index contributed by atoms with van der Waals surface area (Å²) < 4.78 is 13.4. The second kappa shape index (κ2) is 6.81. The molecular weight excluding hydrogens is 273 g/mol. The Morgan fingerprint density at radius 3 is 2.85 bits per heavy atom. The van der Waals surface area contributed by atoms with Gasteiger partial charge in [-0.1, -0.05) is 6.92 Å². The van der Waals surface area contributed by atoms with E-state index in [2.05, 4.69) is 9.97 Å². The van der Waals surface area contributed by atoms with Crippen LogP contribution in [0.5, 0.6) is 0 Å². The molecule has 1 aromatic heterocycles. The molecule has 0 spiro atoms. The van der Waals surface area contributed by atoms with Crippen LogP contribution in [0.15, 0.2) is 40.5 Å². The zero-order valence-corrected chi connectivity index (χ0v) is 12.5. The van der Waals surface area contributed by atoms with Crippen molar-refractivity contribution in [1.29, 1.82) is 0 Å². The van der Waals surface area contributed by atoms with E-state index in [1.807, 2.05) is 19.9 Å². The largest absolute Gasteiger partial charge is 0.327 e. The molecule has 0 aliphatic rings. The van der Waals surface area contributed by atoms with Crippen molar-refractivity contribution < 1.29 is 4.39 Å². The van der Waals surface area contributed by atoms with Crippen LogP contribution in [0.2, 0.25) is 0 Å². The van der Waals surface area contributed by atoms with Gasteiger partial charge in [-0.25, -0.2) is 14.4 Å². The van der Waals surface area contributed by atoms with Gasteiger partial charge in [-0.05, 0) is 61.4 Å². The Hall–Kier alpha value is -1.46. The van der Waals surface area contributed by atoms with Gasteiger partial charge in [0.2, 0.25) is 0 Å². The van der Waals surface area contributed by atoms with E-state index in [4.69, 9.17) is 5.73 Å². The van der Waals surface area contributed by atoms with Gasteiger partial charge in [0.25, 0.3) is 0 Å². The zero-order valence-electron chi connectivity index (χ0n) is 11.6. The van der Waals surface area contributed by atoms with Crippen LogP contribution in [0, 0.1) is 12.7 Å². The molecule has 1 unspecified atom stereocenters. The topological polar surface area (TPSA) is 51.8 Å². The highest BCUT2D eigenvalue weighted by Crippen LogP contribution is 2.29. The van der Waals surface area contributed by atoms with Crippen molar-refractivity contribution in [2.45, 2.75) is 42.8 Å². The molecule has 106 valence electrons. The van der Waals surface area contributed by atoms with Crippen molar-refractivity contribution in [3.05, 3.63) is 47.5 Å². The van der Waals surface area contributed by atoms with Crippen molar-refractivity contribution in [1.82, 2.24) is 9.97 Å². The third-order valence-corrected chi connectivity index (χ3v) is 4.00. The zero-order chi connectivity index (χ0) is 14.5. The van der Waals surface area contributed by atoms with E-state index in [1.165, 1.54) is 17.8 Å².